The zero-order valence-corrected chi connectivity index (χ0v) is 10.8. The highest BCUT2D eigenvalue weighted by Crippen LogP contribution is 2.33. The fraction of sp³-hybridized carbons (Fsp3) is 0.417. The molecule has 1 aromatic heterocycles. The summed E-state index contributed by atoms with van der Waals surface area (Å²) in [5.41, 5.74) is 0.712. The Kier molecular flexibility index (Phi) is 3.43. The molecule has 0 bridgehead atoms. The quantitative estimate of drug-likeness (QED) is 0.867. The van der Waals surface area contributed by atoms with E-state index in [1.807, 2.05) is 6.07 Å². The van der Waals surface area contributed by atoms with E-state index in [0.717, 1.165) is 24.6 Å². The van der Waals surface area contributed by atoms with E-state index in [2.05, 4.69) is 26.2 Å². The Bertz CT molecular complexity index is 454. The molecular formula is C12H12BrN3O. The van der Waals surface area contributed by atoms with Gasteiger partial charge in [0.2, 0.25) is 0 Å². The maximum Gasteiger partial charge on any atom is 0.270 e. The van der Waals surface area contributed by atoms with Crippen molar-refractivity contribution in [2.45, 2.75) is 24.8 Å². The Hall–Kier alpha value is -1.41. The van der Waals surface area contributed by atoms with Crippen LogP contribution in [-0.4, -0.2) is 21.8 Å². The van der Waals surface area contributed by atoms with Crippen LogP contribution in [0.4, 0.5) is 0 Å². The number of carbonyl (C=O) groups excluding carboxylic acids is 1. The van der Waals surface area contributed by atoms with E-state index in [4.69, 9.17) is 5.26 Å². The summed E-state index contributed by atoms with van der Waals surface area (Å²) in [5, 5.41) is 12.4. The molecule has 1 fully saturated rings. The maximum absolute atomic E-state index is 11.9. The van der Waals surface area contributed by atoms with Gasteiger partial charge in [0.05, 0.1) is 11.1 Å². The molecule has 1 aromatic rings. The summed E-state index contributed by atoms with van der Waals surface area (Å²) in [6.45, 7) is 0. The minimum Gasteiger partial charge on any atom is -0.344 e. The van der Waals surface area contributed by atoms with E-state index in [-0.39, 0.29) is 11.4 Å². The molecule has 0 saturated heterocycles. The lowest BCUT2D eigenvalue weighted by Crippen LogP contribution is -2.55. The fourth-order valence-electron chi connectivity index (χ4n) is 1.79. The summed E-state index contributed by atoms with van der Waals surface area (Å²) in [7, 11) is 0. The molecule has 0 aromatic carbocycles. The largest absolute Gasteiger partial charge is 0.344 e. The van der Waals surface area contributed by atoms with Crippen molar-refractivity contribution in [1.29, 1.82) is 5.26 Å². The summed E-state index contributed by atoms with van der Waals surface area (Å²) in [4.78, 5) is 15.9. The molecule has 1 aliphatic carbocycles. The number of alkyl halides is 1. The molecule has 1 amide bonds. The molecule has 1 N–H and O–H groups in total. The molecule has 4 nitrogen and oxygen atoms in total. The second kappa shape index (κ2) is 4.84. The van der Waals surface area contributed by atoms with Crippen molar-refractivity contribution in [2.24, 2.45) is 0 Å². The van der Waals surface area contributed by atoms with E-state index in [1.54, 1.807) is 12.1 Å². The molecule has 1 aliphatic rings. The Morgan fingerprint density at radius 1 is 1.59 bits per heavy atom. The molecule has 1 heterocycles. The van der Waals surface area contributed by atoms with Gasteiger partial charge in [-0.2, -0.15) is 5.26 Å². The van der Waals surface area contributed by atoms with Crippen LogP contribution in [0.5, 0.6) is 0 Å². The Balaban J connectivity index is 2.07. The van der Waals surface area contributed by atoms with Gasteiger partial charge in [0, 0.05) is 11.5 Å². The van der Waals surface area contributed by atoms with Crippen LogP contribution in [0.25, 0.3) is 0 Å². The van der Waals surface area contributed by atoms with Gasteiger partial charge in [-0.1, -0.05) is 15.9 Å². The summed E-state index contributed by atoms with van der Waals surface area (Å²) in [6.07, 6.45) is 4.56. The topological polar surface area (TPSA) is 65.8 Å². The minimum absolute atomic E-state index is 0.105. The maximum atomic E-state index is 11.9. The molecule has 2 rings (SSSR count). The molecule has 0 spiro atoms. The number of halogens is 1. The van der Waals surface area contributed by atoms with E-state index in [1.165, 1.54) is 6.20 Å². The first kappa shape index (κ1) is 12.1. The van der Waals surface area contributed by atoms with Crippen molar-refractivity contribution in [3.63, 3.8) is 0 Å². The van der Waals surface area contributed by atoms with Gasteiger partial charge >= 0.3 is 0 Å². The van der Waals surface area contributed by atoms with E-state index in [0.29, 0.717) is 11.3 Å². The lowest BCUT2D eigenvalue weighted by Gasteiger charge is -2.41. The van der Waals surface area contributed by atoms with Gasteiger partial charge in [0.15, 0.2) is 0 Å². The van der Waals surface area contributed by atoms with E-state index in [9.17, 15) is 4.79 Å². The number of nitrogens with zero attached hydrogens (tertiary/aromatic N) is 2. The molecule has 0 radical (unpaired) electrons. The van der Waals surface area contributed by atoms with Crippen LogP contribution >= 0.6 is 15.9 Å². The molecule has 17 heavy (non-hydrogen) atoms. The third-order valence-corrected chi connectivity index (χ3v) is 4.14. The molecule has 88 valence electrons. The van der Waals surface area contributed by atoms with Gasteiger partial charge in [-0.3, -0.25) is 4.79 Å². The first-order valence-corrected chi connectivity index (χ1v) is 6.56. The number of aromatic nitrogens is 1. The van der Waals surface area contributed by atoms with E-state index < -0.39 is 0 Å². The molecule has 0 unspecified atom stereocenters. The second-order valence-electron chi connectivity index (χ2n) is 4.27. The Morgan fingerprint density at radius 2 is 2.35 bits per heavy atom. The lowest BCUT2D eigenvalue weighted by atomic mass is 9.78. The minimum atomic E-state index is -0.173. The Labute approximate surface area is 108 Å². The predicted octanol–water partition coefficient (Wildman–Crippen LogP) is 2.00. The number of hydrogen-bond acceptors (Lipinski definition) is 3. The van der Waals surface area contributed by atoms with Gasteiger partial charge in [-0.15, -0.1) is 0 Å². The molecule has 0 aliphatic heterocycles. The zero-order valence-electron chi connectivity index (χ0n) is 9.24. The first-order chi connectivity index (χ1) is 8.19. The van der Waals surface area contributed by atoms with Crippen molar-refractivity contribution >= 4 is 21.8 Å². The van der Waals surface area contributed by atoms with Crippen molar-refractivity contribution in [1.82, 2.24) is 10.3 Å². The SMILES string of the molecule is N#Cc1ccc(C(=O)NC2(CBr)CCC2)nc1. The first-order valence-electron chi connectivity index (χ1n) is 5.44. The number of rotatable bonds is 3. The van der Waals surface area contributed by atoms with Crippen molar-refractivity contribution in [3.05, 3.63) is 29.6 Å². The zero-order chi connectivity index (χ0) is 12.3. The number of carbonyl (C=O) groups is 1. The third kappa shape index (κ3) is 2.47. The van der Waals surface area contributed by atoms with Crippen LogP contribution in [0.15, 0.2) is 18.3 Å². The number of nitriles is 1. The van der Waals surface area contributed by atoms with Crippen molar-refractivity contribution in [2.75, 3.05) is 5.33 Å². The lowest BCUT2D eigenvalue weighted by molar-refractivity contribution is 0.0851. The smallest absolute Gasteiger partial charge is 0.270 e. The van der Waals surface area contributed by atoms with Gasteiger partial charge in [-0.05, 0) is 31.4 Å². The Morgan fingerprint density at radius 3 is 2.76 bits per heavy atom. The van der Waals surface area contributed by atoms with Gasteiger partial charge in [-0.25, -0.2) is 4.98 Å². The summed E-state index contributed by atoms with van der Waals surface area (Å²) < 4.78 is 0. The summed E-state index contributed by atoms with van der Waals surface area (Å²) in [5.74, 6) is -0.173. The molecule has 5 heteroatoms. The van der Waals surface area contributed by atoms with Crippen molar-refractivity contribution in [3.8, 4) is 6.07 Å². The standard InChI is InChI=1S/C12H12BrN3O/c13-8-12(4-1-5-12)16-11(17)10-3-2-9(6-14)7-15-10/h2-3,7H,1,4-5,8H2,(H,16,17). The summed E-state index contributed by atoms with van der Waals surface area (Å²) in [6, 6.07) is 5.15. The fourth-order valence-corrected chi connectivity index (χ4v) is 2.50. The van der Waals surface area contributed by atoms with Crippen LogP contribution in [0.3, 0.4) is 0 Å². The predicted molar refractivity (Wildman–Crippen MR) is 66.8 cm³/mol. The molecule has 0 atom stereocenters. The van der Waals surface area contributed by atoms with Gasteiger partial charge < -0.3 is 5.32 Å². The number of pyridine rings is 1. The number of amides is 1. The highest BCUT2D eigenvalue weighted by atomic mass is 79.9. The average molecular weight is 294 g/mol. The van der Waals surface area contributed by atoms with Crippen LogP contribution in [-0.2, 0) is 0 Å². The van der Waals surface area contributed by atoms with Gasteiger partial charge in [0.1, 0.15) is 11.8 Å². The van der Waals surface area contributed by atoms with Crippen molar-refractivity contribution < 1.29 is 4.79 Å². The second-order valence-corrected chi connectivity index (χ2v) is 4.83. The van der Waals surface area contributed by atoms with Crippen LogP contribution in [0.1, 0.15) is 35.3 Å². The monoisotopic (exact) mass is 293 g/mol. The van der Waals surface area contributed by atoms with Crippen LogP contribution in [0, 0.1) is 11.3 Å². The summed E-state index contributed by atoms with van der Waals surface area (Å²) >= 11 is 3.43. The highest BCUT2D eigenvalue weighted by molar-refractivity contribution is 9.09. The normalized spacial score (nSPS) is 16.7. The van der Waals surface area contributed by atoms with Gasteiger partial charge in [0.25, 0.3) is 5.91 Å². The number of hydrogen-bond donors (Lipinski definition) is 1. The molecular weight excluding hydrogens is 282 g/mol. The highest BCUT2D eigenvalue weighted by Gasteiger charge is 2.37. The molecule has 1 saturated carbocycles. The van der Waals surface area contributed by atoms with Crippen LogP contribution in [0.2, 0.25) is 0 Å². The average Bonchev–Trinajstić information content (AvgIpc) is 2.33. The van der Waals surface area contributed by atoms with E-state index >= 15 is 0 Å². The number of nitrogens with one attached hydrogen (secondary N) is 1. The van der Waals surface area contributed by atoms with Crippen LogP contribution < -0.4 is 5.32 Å². The third-order valence-electron chi connectivity index (χ3n) is 3.07.